The maximum absolute atomic E-state index is 5.60. The minimum absolute atomic E-state index is 0.658. The summed E-state index contributed by atoms with van der Waals surface area (Å²) in [4.78, 5) is 2.75. The van der Waals surface area contributed by atoms with Gasteiger partial charge in [0.05, 0.1) is 6.61 Å². The molecule has 2 rings (SSSR count). The second-order valence-electron chi connectivity index (χ2n) is 6.39. The first-order chi connectivity index (χ1) is 8.68. The van der Waals surface area contributed by atoms with Gasteiger partial charge in [-0.2, -0.15) is 0 Å². The molecule has 106 valence electrons. The Morgan fingerprint density at radius 1 is 1.22 bits per heavy atom. The van der Waals surface area contributed by atoms with E-state index in [4.69, 9.17) is 4.74 Å². The zero-order chi connectivity index (χ0) is 13.0. The Balaban J connectivity index is 1.93. The normalized spacial score (nSPS) is 31.2. The van der Waals surface area contributed by atoms with Crippen LogP contribution in [0, 0.1) is 11.8 Å². The summed E-state index contributed by atoms with van der Waals surface area (Å²) < 4.78 is 5.60. The van der Waals surface area contributed by atoms with E-state index in [1.807, 2.05) is 0 Å². The van der Waals surface area contributed by atoms with Crippen molar-refractivity contribution in [1.29, 1.82) is 0 Å². The lowest BCUT2D eigenvalue weighted by atomic mass is 9.91. The molecule has 2 aliphatic rings. The fourth-order valence-corrected chi connectivity index (χ4v) is 3.45. The second kappa shape index (κ2) is 6.88. The van der Waals surface area contributed by atoms with Crippen LogP contribution in [-0.2, 0) is 4.74 Å². The number of nitrogens with zero attached hydrogens (tertiary/aromatic N) is 1. The van der Waals surface area contributed by atoms with Crippen molar-refractivity contribution in [1.82, 2.24) is 10.2 Å². The first-order valence-electron chi connectivity index (χ1n) is 7.72. The van der Waals surface area contributed by atoms with Gasteiger partial charge in [-0.25, -0.2) is 0 Å². The van der Waals surface area contributed by atoms with Crippen LogP contribution in [0.1, 0.15) is 40.0 Å². The van der Waals surface area contributed by atoms with Crippen molar-refractivity contribution in [3.8, 4) is 0 Å². The first kappa shape index (κ1) is 14.3. The minimum Gasteiger partial charge on any atom is -0.381 e. The van der Waals surface area contributed by atoms with Crippen LogP contribution < -0.4 is 5.32 Å². The van der Waals surface area contributed by atoms with Crippen LogP contribution >= 0.6 is 0 Å². The van der Waals surface area contributed by atoms with Gasteiger partial charge in [0.25, 0.3) is 0 Å². The average Bonchev–Trinajstić information content (AvgIpc) is 2.38. The molecule has 3 heteroatoms. The first-order valence-corrected chi connectivity index (χ1v) is 7.72. The largest absolute Gasteiger partial charge is 0.381 e. The van der Waals surface area contributed by atoms with E-state index in [-0.39, 0.29) is 0 Å². The summed E-state index contributed by atoms with van der Waals surface area (Å²) in [6.45, 7) is 12.6. The highest BCUT2D eigenvalue weighted by Crippen LogP contribution is 2.25. The standard InChI is InChI=1S/C15H30N2O/c1-12(2)17(10-14-4-7-16-8-5-14)15-6-9-18-11-13(15)3/h12-16H,4-11H2,1-3H3. The van der Waals surface area contributed by atoms with E-state index in [2.05, 4.69) is 31.0 Å². The Morgan fingerprint density at radius 2 is 1.94 bits per heavy atom. The molecular formula is C15H30N2O. The quantitative estimate of drug-likeness (QED) is 0.832. The molecule has 0 aromatic rings. The fraction of sp³-hybridized carbons (Fsp3) is 1.00. The second-order valence-corrected chi connectivity index (χ2v) is 6.39. The summed E-state index contributed by atoms with van der Waals surface area (Å²) in [5.74, 6) is 1.58. The van der Waals surface area contributed by atoms with Gasteiger partial charge in [0.15, 0.2) is 0 Å². The average molecular weight is 254 g/mol. The lowest BCUT2D eigenvalue weighted by Gasteiger charge is -2.43. The predicted molar refractivity (Wildman–Crippen MR) is 75.8 cm³/mol. The summed E-state index contributed by atoms with van der Waals surface area (Å²) in [6, 6.07) is 1.39. The third-order valence-electron chi connectivity index (χ3n) is 4.61. The van der Waals surface area contributed by atoms with E-state index in [1.54, 1.807) is 0 Å². The van der Waals surface area contributed by atoms with Crippen LogP contribution in [-0.4, -0.2) is 49.8 Å². The van der Waals surface area contributed by atoms with Crippen LogP contribution in [0.15, 0.2) is 0 Å². The number of piperidine rings is 1. The molecule has 3 nitrogen and oxygen atoms in total. The third-order valence-corrected chi connectivity index (χ3v) is 4.61. The summed E-state index contributed by atoms with van der Waals surface area (Å²) in [5, 5.41) is 3.47. The molecule has 2 saturated heterocycles. The monoisotopic (exact) mass is 254 g/mol. The van der Waals surface area contributed by atoms with Gasteiger partial charge in [-0.3, -0.25) is 4.90 Å². The van der Waals surface area contributed by atoms with E-state index in [0.29, 0.717) is 12.0 Å². The van der Waals surface area contributed by atoms with Gasteiger partial charge in [-0.15, -0.1) is 0 Å². The molecule has 2 atom stereocenters. The fourth-order valence-electron chi connectivity index (χ4n) is 3.45. The number of hydrogen-bond donors (Lipinski definition) is 1. The summed E-state index contributed by atoms with van der Waals surface area (Å²) in [6.07, 6.45) is 3.91. The molecule has 0 bridgehead atoms. The maximum Gasteiger partial charge on any atom is 0.0506 e. The van der Waals surface area contributed by atoms with Gasteiger partial charge in [0.1, 0.15) is 0 Å². The maximum atomic E-state index is 5.60. The van der Waals surface area contributed by atoms with Gasteiger partial charge >= 0.3 is 0 Å². The van der Waals surface area contributed by atoms with Crippen LogP contribution in [0.3, 0.4) is 0 Å². The van der Waals surface area contributed by atoms with Crippen LogP contribution in [0.5, 0.6) is 0 Å². The molecule has 0 aliphatic carbocycles. The van der Waals surface area contributed by atoms with Gasteiger partial charge in [-0.05, 0) is 58.0 Å². The Morgan fingerprint density at radius 3 is 2.56 bits per heavy atom. The van der Waals surface area contributed by atoms with Crippen LogP contribution in [0.25, 0.3) is 0 Å². The van der Waals surface area contributed by atoms with Crippen molar-refractivity contribution in [3.05, 3.63) is 0 Å². The molecule has 2 unspecified atom stereocenters. The Kier molecular flexibility index (Phi) is 5.46. The van der Waals surface area contributed by atoms with Crippen molar-refractivity contribution in [2.24, 2.45) is 11.8 Å². The SMILES string of the molecule is CC1COCCC1N(CC1CCNCC1)C(C)C. The van der Waals surface area contributed by atoms with E-state index < -0.39 is 0 Å². The van der Waals surface area contributed by atoms with Gasteiger partial charge in [0, 0.05) is 25.2 Å². The van der Waals surface area contributed by atoms with E-state index in [9.17, 15) is 0 Å². The highest BCUT2D eigenvalue weighted by Gasteiger charge is 2.31. The molecule has 18 heavy (non-hydrogen) atoms. The molecule has 0 amide bonds. The van der Waals surface area contributed by atoms with Crippen molar-refractivity contribution in [2.45, 2.75) is 52.1 Å². The summed E-state index contributed by atoms with van der Waals surface area (Å²) in [5.41, 5.74) is 0. The van der Waals surface area contributed by atoms with Crippen molar-refractivity contribution < 1.29 is 4.74 Å². The smallest absolute Gasteiger partial charge is 0.0506 e. The molecule has 0 aromatic heterocycles. The van der Waals surface area contributed by atoms with Crippen molar-refractivity contribution in [2.75, 3.05) is 32.8 Å². The number of ether oxygens (including phenoxy) is 1. The highest BCUT2D eigenvalue weighted by molar-refractivity contribution is 4.84. The summed E-state index contributed by atoms with van der Waals surface area (Å²) >= 11 is 0. The molecule has 0 radical (unpaired) electrons. The van der Waals surface area contributed by atoms with E-state index >= 15 is 0 Å². The summed E-state index contributed by atoms with van der Waals surface area (Å²) in [7, 11) is 0. The number of rotatable bonds is 4. The Hall–Kier alpha value is -0.120. The zero-order valence-corrected chi connectivity index (χ0v) is 12.3. The lowest BCUT2D eigenvalue weighted by molar-refractivity contribution is -0.0231. The molecule has 1 N–H and O–H groups in total. The molecule has 2 aliphatic heterocycles. The van der Waals surface area contributed by atoms with Crippen molar-refractivity contribution >= 4 is 0 Å². The third kappa shape index (κ3) is 3.69. The molecule has 0 spiro atoms. The Labute approximate surface area is 112 Å². The van der Waals surface area contributed by atoms with E-state index in [0.717, 1.165) is 25.2 Å². The van der Waals surface area contributed by atoms with E-state index in [1.165, 1.54) is 38.9 Å². The van der Waals surface area contributed by atoms with Crippen LogP contribution in [0.2, 0.25) is 0 Å². The van der Waals surface area contributed by atoms with Crippen molar-refractivity contribution in [3.63, 3.8) is 0 Å². The van der Waals surface area contributed by atoms with Gasteiger partial charge in [-0.1, -0.05) is 6.92 Å². The molecule has 2 heterocycles. The predicted octanol–water partition coefficient (Wildman–Crippen LogP) is 2.12. The van der Waals surface area contributed by atoms with Gasteiger partial charge in [0.2, 0.25) is 0 Å². The molecule has 2 fully saturated rings. The zero-order valence-electron chi connectivity index (χ0n) is 12.3. The van der Waals surface area contributed by atoms with Gasteiger partial charge < -0.3 is 10.1 Å². The number of hydrogen-bond acceptors (Lipinski definition) is 3. The minimum atomic E-state index is 0.658. The molecule has 0 aromatic carbocycles. The number of nitrogens with one attached hydrogen (secondary N) is 1. The van der Waals surface area contributed by atoms with Crippen LogP contribution in [0.4, 0.5) is 0 Å². The Bertz CT molecular complexity index is 239. The molecule has 0 saturated carbocycles. The lowest BCUT2D eigenvalue weighted by Crippen LogP contribution is -2.50. The topological polar surface area (TPSA) is 24.5 Å². The molecular weight excluding hydrogens is 224 g/mol. The highest BCUT2D eigenvalue weighted by atomic mass is 16.5.